The molecular formula is C15H25N5O3Si+. The number of aromatic nitrogens is 1. The summed E-state index contributed by atoms with van der Waals surface area (Å²) >= 11 is 0. The van der Waals surface area contributed by atoms with E-state index < -0.39 is 19.0 Å². The number of urea groups is 1. The Bertz CT molecular complexity index is 663. The Balaban J connectivity index is 2.12. The lowest BCUT2D eigenvalue weighted by Gasteiger charge is -2.37. The Hall–Kier alpha value is -1.84. The Morgan fingerprint density at radius 3 is 2.67 bits per heavy atom. The molecule has 1 aliphatic rings. The first-order chi connectivity index (χ1) is 11.0. The van der Waals surface area contributed by atoms with Crippen LogP contribution in [0.3, 0.4) is 0 Å². The Morgan fingerprint density at radius 2 is 2.17 bits per heavy atom. The van der Waals surface area contributed by atoms with E-state index in [0.717, 1.165) is 0 Å². The monoisotopic (exact) mass is 351 g/mol. The van der Waals surface area contributed by atoms with Crippen molar-refractivity contribution in [1.29, 1.82) is 0 Å². The fraction of sp³-hybridized carbons (Fsp3) is 0.600. The zero-order chi connectivity index (χ0) is 18.2. The van der Waals surface area contributed by atoms with E-state index in [2.05, 4.69) is 55.3 Å². The van der Waals surface area contributed by atoms with Gasteiger partial charge in [-0.1, -0.05) is 20.8 Å². The van der Waals surface area contributed by atoms with Crippen LogP contribution in [0.15, 0.2) is 20.8 Å². The summed E-state index contributed by atoms with van der Waals surface area (Å²) in [6.07, 6.45) is 5.10. The van der Waals surface area contributed by atoms with Gasteiger partial charge < -0.3 is 14.6 Å². The summed E-state index contributed by atoms with van der Waals surface area (Å²) in [4.78, 5) is 15.9. The van der Waals surface area contributed by atoms with Crippen molar-refractivity contribution in [2.75, 3.05) is 0 Å². The van der Waals surface area contributed by atoms with E-state index >= 15 is 0 Å². The molecule has 1 aromatic rings. The van der Waals surface area contributed by atoms with Gasteiger partial charge >= 0.3 is 6.03 Å². The average molecular weight is 351 g/mol. The summed E-state index contributed by atoms with van der Waals surface area (Å²) in [7, 11) is -1.94. The van der Waals surface area contributed by atoms with Crippen LogP contribution >= 0.6 is 0 Å². The number of primary amides is 1. The Labute approximate surface area is 143 Å². The van der Waals surface area contributed by atoms with Crippen LogP contribution in [0.1, 0.15) is 45.4 Å². The number of oxazole rings is 1. The lowest BCUT2D eigenvalue weighted by atomic mass is 10.2. The highest BCUT2D eigenvalue weighted by atomic mass is 28.4. The van der Waals surface area contributed by atoms with Crippen molar-refractivity contribution < 1.29 is 18.3 Å². The van der Waals surface area contributed by atoms with E-state index in [1.165, 1.54) is 6.21 Å². The fourth-order valence-corrected chi connectivity index (χ4v) is 3.34. The molecular weight excluding hydrogens is 326 g/mol. The molecule has 0 saturated heterocycles. The van der Waals surface area contributed by atoms with Gasteiger partial charge in [0.1, 0.15) is 12.3 Å². The Kier molecular flexibility index (Phi) is 4.80. The number of nitrogens with two attached hydrogens (primary N) is 1. The van der Waals surface area contributed by atoms with Crippen LogP contribution in [-0.4, -0.2) is 36.5 Å². The molecule has 0 spiro atoms. The van der Waals surface area contributed by atoms with E-state index in [9.17, 15) is 4.79 Å². The standard InChI is InChI=1S/C15H24N5O3Si/c1-11(23-24(5,6)15(2,3)4)13-17-9-12(22-13)10-20(14(16)21)18-7-8-19-20/h7,9,11H,10H2,1-6H3,(H-,16,21)/p+1. The second-order valence-electron chi connectivity index (χ2n) is 7.39. The van der Waals surface area contributed by atoms with Crippen LogP contribution in [0, 0.1) is 0 Å². The molecule has 0 fully saturated rings. The highest BCUT2D eigenvalue weighted by Crippen LogP contribution is 2.39. The third-order valence-corrected chi connectivity index (χ3v) is 9.01. The number of quaternary nitrogens is 1. The summed E-state index contributed by atoms with van der Waals surface area (Å²) in [5, 5.41) is 7.93. The van der Waals surface area contributed by atoms with E-state index in [1.54, 1.807) is 6.20 Å². The number of hydrogen-bond acceptors (Lipinski definition) is 6. The van der Waals surface area contributed by atoms with Crippen molar-refractivity contribution in [2.45, 2.75) is 58.5 Å². The number of rotatable bonds is 5. The minimum atomic E-state index is -1.94. The van der Waals surface area contributed by atoms with E-state index in [0.29, 0.717) is 11.7 Å². The topological polar surface area (TPSA) is 103 Å². The molecule has 2 amide bonds. The molecule has 2 N–H and O–H groups in total. The second kappa shape index (κ2) is 6.23. The molecule has 131 valence electrons. The van der Waals surface area contributed by atoms with Crippen molar-refractivity contribution in [1.82, 2.24) is 4.98 Å². The molecule has 2 atom stereocenters. The molecule has 0 bridgehead atoms. The molecule has 0 aliphatic carbocycles. The number of hydrogen-bond donors (Lipinski definition) is 1. The van der Waals surface area contributed by atoms with Gasteiger partial charge in [-0.15, -0.1) is 0 Å². The fourth-order valence-electron chi connectivity index (χ4n) is 2.00. The summed E-state index contributed by atoms with van der Waals surface area (Å²) in [5.41, 5.74) is 5.38. The van der Waals surface area contributed by atoms with Crippen molar-refractivity contribution in [3.05, 3.63) is 17.8 Å². The van der Waals surface area contributed by atoms with Crippen LogP contribution < -0.4 is 5.73 Å². The minimum Gasteiger partial charge on any atom is -0.437 e. The van der Waals surface area contributed by atoms with Gasteiger partial charge in [0, 0.05) is 4.70 Å². The van der Waals surface area contributed by atoms with Gasteiger partial charge in [0.05, 0.1) is 6.20 Å². The van der Waals surface area contributed by atoms with Crippen molar-refractivity contribution in [3.8, 4) is 0 Å². The van der Waals surface area contributed by atoms with Gasteiger partial charge in [-0.05, 0) is 35.3 Å². The molecule has 1 radical (unpaired) electrons. The van der Waals surface area contributed by atoms with Gasteiger partial charge in [-0.2, -0.15) is 0 Å². The van der Waals surface area contributed by atoms with Crippen molar-refractivity contribution >= 4 is 26.8 Å². The molecule has 1 aliphatic heterocycles. The average Bonchev–Trinajstić information content (AvgIpc) is 3.07. The van der Waals surface area contributed by atoms with Gasteiger partial charge in [0.25, 0.3) is 0 Å². The molecule has 2 rings (SSSR count). The number of nitrogens with zero attached hydrogens (tertiary/aromatic N) is 4. The first kappa shape index (κ1) is 18.5. The van der Waals surface area contributed by atoms with Crippen molar-refractivity contribution in [2.24, 2.45) is 15.9 Å². The van der Waals surface area contributed by atoms with Gasteiger partial charge in [0.2, 0.25) is 5.89 Å². The third kappa shape index (κ3) is 3.63. The molecule has 2 unspecified atom stereocenters. The predicted octanol–water partition coefficient (Wildman–Crippen LogP) is 3.02. The summed E-state index contributed by atoms with van der Waals surface area (Å²) < 4.78 is 11.4. The van der Waals surface area contributed by atoms with E-state index in [-0.39, 0.29) is 17.7 Å². The molecule has 2 heterocycles. The second-order valence-corrected chi connectivity index (χ2v) is 12.1. The maximum atomic E-state index is 11.6. The molecule has 1 aromatic heterocycles. The van der Waals surface area contributed by atoms with Gasteiger partial charge in [-0.25, -0.2) is 9.78 Å². The first-order valence-electron chi connectivity index (χ1n) is 7.79. The minimum absolute atomic E-state index is 0.0542. The van der Waals surface area contributed by atoms with Crippen LogP contribution in [0.5, 0.6) is 0 Å². The zero-order valence-electron chi connectivity index (χ0n) is 15.0. The lowest BCUT2D eigenvalue weighted by molar-refractivity contribution is -0.874. The third-order valence-electron chi connectivity index (χ3n) is 4.46. The van der Waals surface area contributed by atoms with Gasteiger partial charge in [0.15, 0.2) is 26.8 Å². The highest BCUT2D eigenvalue weighted by Gasteiger charge is 2.41. The summed E-state index contributed by atoms with van der Waals surface area (Å²) in [6, 6.07) is -0.709. The predicted molar refractivity (Wildman–Crippen MR) is 92.7 cm³/mol. The van der Waals surface area contributed by atoms with Crippen LogP contribution in [0.4, 0.5) is 4.79 Å². The quantitative estimate of drug-likeness (QED) is 0.650. The molecule has 8 nitrogen and oxygen atoms in total. The SMILES string of the molecule is CC(O[Si](C)(C)C(C)(C)C)c1ncc(C[N+]2(C(N)=O)N=[C]C=N2)o1. The van der Waals surface area contributed by atoms with E-state index in [4.69, 9.17) is 14.6 Å². The highest BCUT2D eigenvalue weighted by molar-refractivity contribution is 6.74. The summed E-state index contributed by atoms with van der Waals surface area (Å²) in [6.45, 7) is 12.8. The summed E-state index contributed by atoms with van der Waals surface area (Å²) in [5.74, 6) is 0.924. The lowest BCUT2D eigenvalue weighted by Crippen LogP contribution is -2.45. The van der Waals surface area contributed by atoms with Crippen molar-refractivity contribution in [3.63, 3.8) is 0 Å². The molecule has 9 heteroatoms. The largest absolute Gasteiger partial charge is 0.468 e. The molecule has 24 heavy (non-hydrogen) atoms. The van der Waals surface area contributed by atoms with E-state index in [1.807, 2.05) is 6.92 Å². The van der Waals surface area contributed by atoms with Crippen LogP contribution in [0.25, 0.3) is 0 Å². The van der Waals surface area contributed by atoms with Crippen LogP contribution in [-0.2, 0) is 11.0 Å². The smallest absolute Gasteiger partial charge is 0.437 e. The molecule has 0 aromatic carbocycles. The zero-order valence-corrected chi connectivity index (χ0v) is 16.0. The molecule has 0 saturated carbocycles. The normalized spacial score (nSPS) is 18.1. The maximum absolute atomic E-state index is 11.6. The number of carbonyl (C=O) groups is 1. The number of carbonyl (C=O) groups excluding carboxylic acids is 1. The maximum Gasteiger partial charge on any atom is 0.468 e. The first-order valence-corrected chi connectivity index (χ1v) is 10.7. The van der Waals surface area contributed by atoms with Gasteiger partial charge in [-0.3, -0.25) is 0 Å². The number of amides is 2. The van der Waals surface area contributed by atoms with Crippen LogP contribution in [0.2, 0.25) is 18.1 Å². The Morgan fingerprint density at radius 1 is 1.50 bits per heavy atom.